The zero-order valence-electron chi connectivity index (χ0n) is 14.6. The number of rotatable bonds is 11. The maximum atomic E-state index is 11.8. The van der Waals surface area contributed by atoms with E-state index in [0.29, 0.717) is 17.3 Å². The molecule has 1 atom stereocenters. The lowest BCUT2D eigenvalue weighted by Gasteiger charge is -2.24. The van der Waals surface area contributed by atoms with Gasteiger partial charge in [0.05, 0.1) is 0 Å². The summed E-state index contributed by atoms with van der Waals surface area (Å²) < 4.78 is 5.09. The minimum Gasteiger partial charge on any atom is -0.447 e. The molecule has 0 spiro atoms. The zero-order chi connectivity index (χ0) is 17.8. The van der Waals surface area contributed by atoms with Crippen LogP contribution in [0.2, 0.25) is 5.02 Å². The lowest BCUT2D eigenvalue weighted by atomic mass is 10.2. The number of carbonyl (C=O) groups excluding carboxylic acids is 1. The summed E-state index contributed by atoms with van der Waals surface area (Å²) in [4.78, 5) is 14.0. The number of halogens is 1. The van der Waals surface area contributed by atoms with E-state index in [1.165, 1.54) is 0 Å². The smallest absolute Gasteiger partial charge is 0.411 e. The maximum Gasteiger partial charge on any atom is 0.411 e. The SMILES string of the molecule is CCCCN(CCCC)CC(O)COC(=O)Nc1cccc(Cl)c1. The Hall–Kier alpha value is -1.30. The number of ether oxygens (including phenoxy) is 1. The van der Waals surface area contributed by atoms with E-state index in [0.717, 1.165) is 38.8 Å². The highest BCUT2D eigenvalue weighted by Gasteiger charge is 2.13. The number of hydrogen-bond donors (Lipinski definition) is 2. The fourth-order valence-corrected chi connectivity index (χ4v) is 2.49. The van der Waals surface area contributed by atoms with E-state index >= 15 is 0 Å². The minimum absolute atomic E-state index is 0.0266. The first-order valence-corrected chi connectivity index (χ1v) is 9.02. The molecule has 0 bridgehead atoms. The van der Waals surface area contributed by atoms with Crippen molar-refractivity contribution in [1.29, 1.82) is 0 Å². The minimum atomic E-state index is -0.691. The van der Waals surface area contributed by atoms with Gasteiger partial charge in [0.25, 0.3) is 0 Å². The Labute approximate surface area is 149 Å². The van der Waals surface area contributed by atoms with E-state index in [2.05, 4.69) is 24.1 Å². The third-order valence-electron chi connectivity index (χ3n) is 3.60. The Kier molecular flexibility index (Phi) is 10.5. The average molecular weight is 357 g/mol. The predicted octanol–water partition coefficient (Wildman–Crippen LogP) is 4.15. The predicted molar refractivity (Wildman–Crippen MR) is 98.7 cm³/mol. The van der Waals surface area contributed by atoms with Crippen LogP contribution in [0.5, 0.6) is 0 Å². The lowest BCUT2D eigenvalue weighted by Crippen LogP contribution is -2.37. The van der Waals surface area contributed by atoms with Crippen molar-refractivity contribution in [3.8, 4) is 0 Å². The summed E-state index contributed by atoms with van der Waals surface area (Å²) in [6.07, 6.45) is 3.17. The first kappa shape index (κ1) is 20.7. The van der Waals surface area contributed by atoms with Gasteiger partial charge >= 0.3 is 6.09 Å². The van der Waals surface area contributed by atoms with Crippen molar-refractivity contribution < 1.29 is 14.6 Å². The summed E-state index contributed by atoms with van der Waals surface area (Å²) in [5.41, 5.74) is 0.564. The highest BCUT2D eigenvalue weighted by atomic mass is 35.5. The van der Waals surface area contributed by atoms with Crippen LogP contribution in [0.4, 0.5) is 10.5 Å². The number of carbonyl (C=O) groups is 1. The molecule has 1 unspecified atom stereocenters. The summed E-state index contributed by atoms with van der Waals surface area (Å²) >= 11 is 5.86. The number of benzene rings is 1. The summed E-state index contributed by atoms with van der Waals surface area (Å²) in [6.45, 7) is 6.71. The largest absolute Gasteiger partial charge is 0.447 e. The van der Waals surface area contributed by atoms with E-state index < -0.39 is 12.2 Å². The van der Waals surface area contributed by atoms with Crippen LogP contribution in [-0.2, 0) is 4.74 Å². The first-order valence-electron chi connectivity index (χ1n) is 8.64. The fraction of sp³-hybridized carbons (Fsp3) is 0.611. The second kappa shape index (κ2) is 12.1. The molecule has 0 aliphatic rings. The molecule has 0 aliphatic heterocycles. The number of unbranched alkanes of at least 4 members (excludes halogenated alkanes) is 2. The summed E-state index contributed by atoms with van der Waals surface area (Å²) in [7, 11) is 0. The van der Waals surface area contributed by atoms with E-state index in [4.69, 9.17) is 16.3 Å². The van der Waals surface area contributed by atoms with Crippen molar-refractivity contribution in [2.24, 2.45) is 0 Å². The van der Waals surface area contributed by atoms with Crippen molar-refractivity contribution in [3.05, 3.63) is 29.3 Å². The van der Waals surface area contributed by atoms with Crippen molar-refractivity contribution in [2.75, 3.05) is 31.6 Å². The normalized spacial score (nSPS) is 12.2. The molecule has 5 nitrogen and oxygen atoms in total. The van der Waals surface area contributed by atoms with E-state index in [1.54, 1.807) is 24.3 Å². The molecular weight excluding hydrogens is 328 g/mol. The van der Waals surface area contributed by atoms with Crippen LogP contribution in [0.1, 0.15) is 39.5 Å². The van der Waals surface area contributed by atoms with Gasteiger partial charge in [-0.2, -0.15) is 0 Å². The molecule has 1 amide bonds. The number of amides is 1. The van der Waals surface area contributed by atoms with Gasteiger partial charge in [-0.3, -0.25) is 5.32 Å². The van der Waals surface area contributed by atoms with E-state index in [-0.39, 0.29) is 6.61 Å². The summed E-state index contributed by atoms with van der Waals surface area (Å²) in [5.74, 6) is 0. The second-order valence-corrected chi connectivity index (χ2v) is 6.33. The summed E-state index contributed by atoms with van der Waals surface area (Å²) in [5, 5.41) is 13.2. The van der Waals surface area contributed by atoms with Crippen molar-refractivity contribution >= 4 is 23.4 Å². The van der Waals surface area contributed by atoms with Crippen LogP contribution in [0.25, 0.3) is 0 Å². The Morgan fingerprint density at radius 3 is 2.54 bits per heavy atom. The lowest BCUT2D eigenvalue weighted by molar-refractivity contribution is 0.0475. The third-order valence-corrected chi connectivity index (χ3v) is 3.84. The first-order chi connectivity index (χ1) is 11.5. The standard InChI is InChI=1S/C18H29ClN2O3/c1-3-5-10-21(11-6-4-2)13-17(22)14-24-18(23)20-16-9-7-8-15(19)12-16/h7-9,12,17,22H,3-6,10-11,13-14H2,1-2H3,(H,20,23). The molecule has 24 heavy (non-hydrogen) atoms. The van der Waals surface area contributed by atoms with Crippen LogP contribution >= 0.6 is 11.6 Å². The highest BCUT2D eigenvalue weighted by molar-refractivity contribution is 6.30. The van der Waals surface area contributed by atoms with E-state index in [1.807, 2.05) is 0 Å². The average Bonchev–Trinajstić information content (AvgIpc) is 2.55. The van der Waals surface area contributed by atoms with Gasteiger partial charge in [0, 0.05) is 17.3 Å². The van der Waals surface area contributed by atoms with Gasteiger partial charge in [-0.25, -0.2) is 4.79 Å². The van der Waals surface area contributed by atoms with Crippen LogP contribution < -0.4 is 5.32 Å². The van der Waals surface area contributed by atoms with Gasteiger partial charge < -0.3 is 14.7 Å². The molecule has 0 fully saturated rings. The molecule has 1 aromatic carbocycles. The van der Waals surface area contributed by atoms with Gasteiger partial charge in [-0.15, -0.1) is 0 Å². The quantitative estimate of drug-likeness (QED) is 0.625. The number of aliphatic hydroxyl groups excluding tert-OH is 1. The van der Waals surface area contributed by atoms with Gasteiger partial charge in [0.15, 0.2) is 0 Å². The molecule has 1 rings (SSSR count). The number of nitrogens with one attached hydrogen (secondary N) is 1. The topological polar surface area (TPSA) is 61.8 Å². The fourth-order valence-electron chi connectivity index (χ4n) is 2.30. The Balaban J connectivity index is 2.34. The molecule has 2 N–H and O–H groups in total. The molecule has 0 aromatic heterocycles. The van der Waals surface area contributed by atoms with Gasteiger partial charge in [0.2, 0.25) is 0 Å². The monoisotopic (exact) mass is 356 g/mol. The molecule has 0 aliphatic carbocycles. The van der Waals surface area contributed by atoms with E-state index in [9.17, 15) is 9.90 Å². The van der Waals surface area contributed by atoms with Gasteiger partial charge in [-0.05, 0) is 44.1 Å². The maximum absolute atomic E-state index is 11.8. The molecule has 0 heterocycles. The zero-order valence-corrected chi connectivity index (χ0v) is 15.4. The van der Waals surface area contributed by atoms with Crippen molar-refractivity contribution in [2.45, 2.75) is 45.6 Å². The van der Waals surface area contributed by atoms with Crippen LogP contribution in [0, 0.1) is 0 Å². The molecule has 0 saturated heterocycles. The van der Waals surface area contributed by atoms with Crippen LogP contribution in [0.3, 0.4) is 0 Å². The molecule has 0 saturated carbocycles. The number of aliphatic hydroxyl groups is 1. The number of anilines is 1. The van der Waals surface area contributed by atoms with Crippen molar-refractivity contribution in [3.63, 3.8) is 0 Å². The van der Waals surface area contributed by atoms with Crippen LogP contribution in [-0.4, -0.2) is 48.4 Å². The number of nitrogens with zero attached hydrogens (tertiary/aromatic N) is 1. The third kappa shape index (κ3) is 9.11. The molecular formula is C18H29ClN2O3. The van der Waals surface area contributed by atoms with Gasteiger partial charge in [0.1, 0.15) is 12.7 Å². The molecule has 136 valence electrons. The Morgan fingerprint density at radius 2 is 1.96 bits per heavy atom. The van der Waals surface area contributed by atoms with Crippen LogP contribution in [0.15, 0.2) is 24.3 Å². The Morgan fingerprint density at radius 1 is 1.29 bits per heavy atom. The number of hydrogen-bond acceptors (Lipinski definition) is 4. The molecule has 0 radical (unpaired) electrons. The van der Waals surface area contributed by atoms with Crippen molar-refractivity contribution in [1.82, 2.24) is 4.90 Å². The molecule has 6 heteroatoms. The molecule has 1 aromatic rings. The summed E-state index contributed by atoms with van der Waals surface area (Å²) in [6, 6.07) is 6.83. The van der Waals surface area contributed by atoms with Gasteiger partial charge in [-0.1, -0.05) is 44.4 Å². The highest BCUT2D eigenvalue weighted by Crippen LogP contribution is 2.15. The second-order valence-electron chi connectivity index (χ2n) is 5.90. The Bertz CT molecular complexity index is 477.